The van der Waals surface area contributed by atoms with E-state index in [1.54, 1.807) is 25.1 Å². The zero-order chi connectivity index (χ0) is 14.0. The van der Waals surface area contributed by atoms with E-state index in [-0.39, 0.29) is 5.91 Å². The van der Waals surface area contributed by atoms with Crippen LogP contribution < -0.4 is 11.1 Å². The average molecular weight is 262 g/mol. The van der Waals surface area contributed by atoms with Crippen molar-refractivity contribution in [1.29, 1.82) is 0 Å². The van der Waals surface area contributed by atoms with Gasteiger partial charge in [-0.15, -0.1) is 0 Å². The summed E-state index contributed by atoms with van der Waals surface area (Å²) < 4.78 is 0. The number of hydrogen-bond donors (Lipinski definition) is 3. The van der Waals surface area contributed by atoms with Gasteiger partial charge >= 0.3 is 0 Å². The number of nitrogens with two attached hydrogens (primary N) is 1. The molecule has 0 bridgehead atoms. The number of aryl methyl sites for hydroxylation is 1. The van der Waals surface area contributed by atoms with Crippen LogP contribution in [0.1, 0.15) is 35.2 Å². The van der Waals surface area contributed by atoms with Crippen LogP contribution in [0.2, 0.25) is 0 Å². The lowest BCUT2D eigenvalue weighted by Gasteiger charge is -2.16. The standard InChI is InChI=1S/C14H18N2O3/c1-8-4-2-6-10(12(8)13(15)18)16-14(19)9-5-3-7-11(9)17/h2,4,6,9,11,17H,3,5,7H2,1H3,(H2,15,18)(H,16,19). The highest BCUT2D eigenvalue weighted by molar-refractivity contribution is 6.04. The number of aliphatic hydroxyl groups is 1. The maximum atomic E-state index is 12.1. The lowest BCUT2D eigenvalue weighted by molar-refractivity contribution is -0.122. The molecule has 1 aliphatic carbocycles. The number of carbonyl (C=O) groups is 2. The molecule has 0 aromatic heterocycles. The van der Waals surface area contributed by atoms with Crippen LogP contribution in [0.3, 0.4) is 0 Å². The van der Waals surface area contributed by atoms with E-state index in [4.69, 9.17) is 5.73 Å². The van der Waals surface area contributed by atoms with Crippen LogP contribution in [-0.2, 0) is 4.79 Å². The maximum absolute atomic E-state index is 12.1. The third-order valence-corrected chi connectivity index (χ3v) is 3.59. The molecular weight excluding hydrogens is 244 g/mol. The fourth-order valence-corrected chi connectivity index (χ4v) is 2.57. The second-order valence-electron chi connectivity index (χ2n) is 4.96. The third kappa shape index (κ3) is 2.76. The number of carbonyl (C=O) groups excluding carboxylic acids is 2. The number of nitrogens with one attached hydrogen (secondary N) is 1. The third-order valence-electron chi connectivity index (χ3n) is 3.59. The summed E-state index contributed by atoms with van der Waals surface area (Å²) in [6.45, 7) is 1.76. The molecule has 1 fully saturated rings. The topological polar surface area (TPSA) is 92.4 Å². The zero-order valence-corrected chi connectivity index (χ0v) is 10.8. The first kappa shape index (κ1) is 13.5. The van der Waals surface area contributed by atoms with E-state index in [2.05, 4.69) is 5.32 Å². The zero-order valence-electron chi connectivity index (χ0n) is 10.8. The second kappa shape index (κ2) is 5.40. The van der Waals surface area contributed by atoms with Gasteiger partial charge in [-0.1, -0.05) is 12.1 Å². The molecule has 0 heterocycles. The predicted molar refractivity (Wildman–Crippen MR) is 71.7 cm³/mol. The van der Waals surface area contributed by atoms with Crippen molar-refractivity contribution in [2.45, 2.75) is 32.3 Å². The predicted octanol–water partition coefficient (Wildman–Crippen LogP) is 1.19. The van der Waals surface area contributed by atoms with Crippen molar-refractivity contribution >= 4 is 17.5 Å². The lowest BCUT2D eigenvalue weighted by atomic mass is 10.0. The van der Waals surface area contributed by atoms with Crippen molar-refractivity contribution < 1.29 is 14.7 Å². The van der Waals surface area contributed by atoms with E-state index in [0.717, 1.165) is 12.0 Å². The fraction of sp³-hybridized carbons (Fsp3) is 0.429. The molecule has 2 amide bonds. The first-order chi connectivity index (χ1) is 9.00. The molecule has 1 aromatic rings. The van der Waals surface area contributed by atoms with Gasteiger partial charge in [0.05, 0.1) is 23.3 Å². The minimum absolute atomic E-state index is 0.252. The minimum Gasteiger partial charge on any atom is -0.392 e. The summed E-state index contributed by atoms with van der Waals surface area (Å²) in [6, 6.07) is 5.16. The molecule has 4 N–H and O–H groups in total. The summed E-state index contributed by atoms with van der Waals surface area (Å²) >= 11 is 0. The molecule has 1 aliphatic rings. The SMILES string of the molecule is Cc1cccc(NC(=O)C2CCCC2O)c1C(N)=O. The highest BCUT2D eigenvalue weighted by Gasteiger charge is 2.31. The summed E-state index contributed by atoms with van der Waals surface area (Å²) in [4.78, 5) is 23.5. The number of aliphatic hydroxyl groups excluding tert-OH is 1. The molecule has 2 rings (SSSR count). The molecule has 2 atom stereocenters. The van der Waals surface area contributed by atoms with E-state index < -0.39 is 17.9 Å². The van der Waals surface area contributed by atoms with Gasteiger partial charge in [-0.25, -0.2) is 0 Å². The van der Waals surface area contributed by atoms with Crippen LogP contribution in [0.25, 0.3) is 0 Å². The number of rotatable bonds is 3. The van der Waals surface area contributed by atoms with Crippen molar-refractivity contribution in [1.82, 2.24) is 0 Å². The van der Waals surface area contributed by atoms with Crippen LogP contribution in [-0.4, -0.2) is 23.0 Å². The normalized spacial score (nSPS) is 22.2. The molecule has 102 valence electrons. The Balaban J connectivity index is 2.21. The molecule has 2 unspecified atom stereocenters. The van der Waals surface area contributed by atoms with Gasteiger partial charge in [0.2, 0.25) is 5.91 Å². The lowest BCUT2D eigenvalue weighted by Crippen LogP contribution is -2.29. The Morgan fingerprint density at radius 1 is 1.37 bits per heavy atom. The molecule has 1 aromatic carbocycles. The van der Waals surface area contributed by atoms with Crippen molar-refractivity contribution in [3.8, 4) is 0 Å². The summed E-state index contributed by atoms with van der Waals surface area (Å²) in [7, 11) is 0. The van der Waals surface area contributed by atoms with E-state index in [1.165, 1.54) is 0 Å². The van der Waals surface area contributed by atoms with Gasteiger partial charge in [0.1, 0.15) is 0 Å². The van der Waals surface area contributed by atoms with Gasteiger partial charge in [0.25, 0.3) is 5.91 Å². The Morgan fingerprint density at radius 2 is 2.11 bits per heavy atom. The van der Waals surface area contributed by atoms with E-state index in [1.807, 2.05) is 0 Å². The number of amides is 2. The van der Waals surface area contributed by atoms with Gasteiger partial charge in [-0.2, -0.15) is 0 Å². The highest BCUT2D eigenvalue weighted by atomic mass is 16.3. The van der Waals surface area contributed by atoms with E-state index >= 15 is 0 Å². The van der Waals surface area contributed by atoms with Crippen molar-refractivity contribution in [2.24, 2.45) is 11.7 Å². The summed E-state index contributed by atoms with van der Waals surface area (Å²) in [6.07, 6.45) is 1.57. The Morgan fingerprint density at radius 3 is 2.68 bits per heavy atom. The molecule has 0 spiro atoms. The molecule has 5 nitrogen and oxygen atoms in total. The molecule has 0 radical (unpaired) electrons. The number of hydrogen-bond acceptors (Lipinski definition) is 3. The molecule has 0 aliphatic heterocycles. The average Bonchev–Trinajstić information content (AvgIpc) is 2.75. The molecule has 19 heavy (non-hydrogen) atoms. The van der Waals surface area contributed by atoms with Gasteiger partial charge in [0, 0.05) is 0 Å². The Hall–Kier alpha value is -1.88. The van der Waals surface area contributed by atoms with Crippen LogP contribution in [0.5, 0.6) is 0 Å². The summed E-state index contributed by atoms with van der Waals surface area (Å²) in [5, 5.41) is 12.4. The van der Waals surface area contributed by atoms with Gasteiger partial charge < -0.3 is 16.2 Å². The number of anilines is 1. The van der Waals surface area contributed by atoms with Crippen LogP contribution in [0.15, 0.2) is 18.2 Å². The van der Waals surface area contributed by atoms with Gasteiger partial charge in [0.15, 0.2) is 0 Å². The van der Waals surface area contributed by atoms with Crippen LogP contribution >= 0.6 is 0 Å². The molecule has 0 saturated heterocycles. The molecule has 5 heteroatoms. The summed E-state index contributed by atoms with van der Waals surface area (Å²) in [5.74, 6) is -1.22. The first-order valence-corrected chi connectivity index (χ1v) is 6.39. The Kier molecular flexibility index (Phi) is 3.85. The van der Waals surface area contributed by atoms with Gasteiger partial charge in [-0.05, 0) is 37.8 Å². The Labute approximate surface area is 111 Å². The minimum atomic E-state index is -0.596. The monoisotopic (exact) mass is 262 g/mol. The molecule has 1 saturated carbocycles. The van der Waals surface area contributed by atoms with E-state index in [0.29, 0.717) is 24.1 Å². The number of benzene rings is 1. The summed E-state index contributed by atoms with van der Waals surface area (Å²) in [5.41, 5.74) is 6.79. The van der Waals surface area contributed by atoms with Crippen molar-refractivity contribution in [3.63, 3.8) is 0 Å². The van der Waals surface area contributed by atoms with Gasteiger partial charge in [-0.3, -0.25) is 9.59 Å². The quantitative estimate of drug-likeness (QED) is 0.764. The fourth-order valence-electron chi connectivity index (χ4n) is 2.57. The smallest absolute Gasteiger partial charge is 0.251 e. The largest absolute Gasteiger partial charge is 0.392 e. The highest BCUT2D eigenvalue weighted by Crippen LogP contribution is 2.27. The van der Waals surface area contributed by atoms with Crippen LogP contribution in [0.4, 0.5) is 5.69 Å². The Bertz CT molecular complexity index is 513. The first-order valence-electron chi connectivity index (χ1n) is 6.39. The van der Waals surface area contributed by atoms with E-state index in [9.17, 15) is 14.7 Å². The molecular formula is C14H18N2O3. The van der Waals surface area contributed by atoms with Crippen LogP contribution in [0, 0.1) is 12.8 Å². The number of primary amides is 1. The van der Waals surface area contributed by atoms with Crippen molar-refractivity contribution in [3.05, 3.63) is 29.3 Å². The van der Waals surface area contributed by atoms with Crippen molar-refractivity contribution in [2.75, 3.05) is 5.32 Å². The second-order valence-corrected chi connectivity index (χ2v) is 4.96. The maximum Gasteiger partial charge on any atom is 0.251 e.